The van der Waals surface area contributed by atoms with Crippen LogP contribution < -0.4 is 9.47 Å². The maximum absolute atomic E-state index is 9.73. The van der Waals surface area contributed by atoms with Gasteiger partial charge >= 0.3 is 0 Å². The van der Waals surface area contributed by atoms with Crippen molar-refractivity contribution in [3.05, 3.63) is 23.8 Å². The Morgan fingerprint density at radius 2 is 2.00 bits per heavy atom. The fourth-order valence-electron chi connectivity index (χ4n) is 1.32. The molecule has 14 heavy (non-hydrogen) atoms. The first-order chi connectivity index (χ1) is 6.72. The molecule has 0 fully saturated rings. The highest BCUT2D eigenvalue weighted by Crippen LogP contribution is 2.30. The third-order valence-corrected chi connectivity index (χ3v) is 2.18. The molecule has 0 heterocycles. The zero-order valence-electron chi connectivity index (χ0n) is 8.78. The van der Waals surface area contributed by atoms with Crippen LogP contribution in [0.1, 0.15) is 25.0 Å². The third kappa shape index (κ3) is 2.17. The molecule has 1 rings (SSSR count). The first-order valence-electron chi connectivity index (χ1n) is 4.63. The smallest absolute Gasteiger partial charge is 0.124 e. The summed E-state index contributed by atoms with van der Waals surface area (Å²) < 4.78 is 10.2. The lowest BCUT2D eigenvalue weighted by molar-refractivity contribution is 0.169. The maximum Gasteiger partial charge on any atom is 0.124 e. The Hall–Kier alpha value is -1.22. The molecule has 1 atom stereocenters. The van der Waals surface area contributed by atoms with Gasteiger partial charge in [-0.3, -0.25) is 0 Å². The fourth-order valence-corrected chi connectivity index (χ4v) is 1.32. The molecule has 0 aliphatic rings. The van der Waals surface area contributed by atoms with Gasteiger partial charge in [0.15, 0.2) is 0 Å². The summed E-state index contributed by atoms with van der Waals surface area (Å²) >= 11 is 0. The van der Waals surface area contributed by atoms with Gasteiger partial charge < -0.3 is 14.6 Å². The molecule has 0 spiro atoms. The molecule has 0 aliphatic carbocycles. The van der Waals surface area contributed by atoms with Crippen LogP contribution in [-0.4, -0.2) is 19.3 Å². The molecule has 3 heteroatoms. The quantitative estimate of drug-likeness (QED) is 0.801. The molecule has 0 aromatic heterocycles. The van der Waals surface area contributed by atoms with E-state index < -0.39 is 6.10 Å². The third-order valence-electron chi connectivity index (χ3n) is 2.18. The highest BCUT2D eigenvalue weighted by Gasteiger charge is 2.12. The van der Waals surface area contributed by atoms with E-state index in [9.17, 15) is 5.11 Å². The molecular weight excluding hydrogens is 180 g/mol. The first kappa shape index (κ1) is 10.9. The van der Waals surface area contributed by atoms with Crippen molar-refractivity contribution in [3.8, 4) is 11.5 Å². The van der Waals surface area contributed by atoms with Gasteiger partial charge in [-0.05, 0) is 24.6 Å². The summed E-state index contributed by atoms with van der Waals surface area (Å²) in [5.41, 5.74) is 0.773. The van der Waals surface area contributed by atoms with Crippen LogP contribution in [0.2, 0.25) is 0 Å². The standard InChI is InChI=1S/C11H16O3/c1-4-10(12)9-7-8(13-2)5-6-11(9)14-3/h5-7,10,12H,4H2,1-3H3/t10-/m1/s1. The van der Waals surface area contributed by atoms with Crippen molar-refractivity contribution in [1.82, 2.24) is 0 Å². The van der Waals surface area contributed by atoms with Gasteiger partial charge in [-0.2, -0.15) is 0 Å². The number of rotatable bonds is 4. The second-order valence-corrected chi connectivity index (χ2v) is 3.03. The Morgan fingerprint density at radius 1 is 1.29 bits per heavy atom. The average Bonchev–Trinajstić information content (AvgIpc) is 2.27. The van der Waals surface area contributed by atoms with E-state index in [0.717, 1.165) is 11.3 Å². The van der Waals surface area contributed by atoms with E-state index >= 15 is 0 Å². The summed E-state index contributed by atoms with van der Waals surface area (Å²) in [6.07, 6.45) is 0.156. The summed E-state index contributed by atoms with van der Waals surface area (Å²) in [6, 6.07) is 5.41. The predicted molar refractivity (Wildman–Crippen MR) is 54.8 cm³/mol. The zero-order valence-corrected chi connectivity index (χ0v) is 8.78. The lowest BCUT2D eigenvalue weighted by Gasteiger charge is -2.14. The molecule has 3 nitrogen and oxygen atoms in total. The number of aliphatic hydroxyl groups is 1. The van der Waals surface area contributed by atoms with E-state index in [0.29, 0.717) is 12.2 Å². The highest BCUT2D eigenvalue weighted by atomic mass is 16.5. The van der Waals surface area contributed by atoms with Crippen LogP contribution in [0.25, 0.3) is 0 Å². The number of ether oxygens (including phenoxy) is 2. The van der Waals surface area contributed by atoms with Crippen molar-refractivity contribution in [1.29, 1.82) is 0 Å². The summed E-state index contributed by atoms with van der Waals surface area (Å²) in [4.78, 5) is 0. The second-order valence-electron chi connectivity index (χ2n) is 3.03. The van der Waals surface area contributed by atoms with Gasteiger partial charge in [0, 0.05) is 5.56 Å². The topological polar surface area (TPSA) is 38.7 Å². The molecule has 1 N–H and O–H groups in total. The van der Waals surface area contributed by atoms with E-state index in [4.69, 9.17) is 9.47 Å². The molecule has 1 aromatic carbocycles. The Kier molecular flexibility index (Phi) is 3.77. The number of hydrogen-bond donors (Lipinski definition) is 1. The normalized spacial score (nSPS) is 12.3. The number of hydrogen-bond acceptors (Lipinski definition) is 3. The van der Waals surface area contributed by atoms with Crippen LogP contribution in [0.5, 0.6) is 11.5 Å². The number of aliphatic hydroxyl groups excluding tert-OH is 1. The summed E-state index contributed by atoms with van der Waals surface area (Å²) in [6.45, 7) is 1.92. The van der Waals surface area contributed by atoms with Gasteiger partial charge in [-0.15, -0.1) is 0 Å². The molecule has 0 saturated carbocycles. The van der Waals surface area contributed by atoms with Crippen LogP contribution in [0.4, 0.5) is 0 Å². The minimum atomic E-state index is -0.500. The van der Waals surface area contributed by atoms with E-state index in [2.05, 4.69) is 0 Å². The van der Waals surface area contributed by atoms with Crippen molar-refractivity contribution < 1.29 is 14.6 Å². The monoisotopic (exact) mass is 196 g/mol. The second kappa shape index (κ2) is 4.86. The van der Waals surface area contributed by atoms with Crippen LogP contribution in [-0.2, 0) is 0 Å². The Balaban J connectivity index is 3.08. The predicted octanol–water partition coefficient (Wildman–Crippen LogP) is 2.15. The SMILES string of the molecule is CC[C@@H](O)c1cc(OC)ccc1OC. The van der Waals surface area contributed by atoms with Gasteiger partial charge in [0.2, 0.25) is 0 Å². The minimum absolute atomic E-state index is 0.500. The van der Waals surface area contributed by atoms with E-state index in [-0.39, 0.29) is 0 Å². The molecule has 78 valence electrons. The van der Waals surface area contributed by atoms with Gasteiger partial charge in [0.25, 0.3) is 0 Å². The molecule has 0 bridgehead atoms. The molecule has 0 amide bonds. The Labute approximate surface area is 84.3 Å². The van der Waals surface area contributed by atoms with E-state index in [1.54, 1.807) is 26.4 Å². The first-order valence-corrected chi connectivity index (χ1v) is 4.63. The average molecular weight is 196 g/mol. The summed E-state index contributed by atoms with van der Waals surface area (Å²) in [7, 11) is 3.19. The van der Waals surface area contributed by atoms with Crippen molar-refractivity contribution in [2.24, 2.45) is 0 Å². The maximum atomic E-state index is 9.73. The van der Waals surface area contributed by atoms with Crippen molar-refractivity contribution in [2.45, 2.75) is 19.4 Å². The van der Waals surface area contributed by atoms with Crippen molar-refractivity contribution in [3.63, 3.8) is 0 Å². The molecule has 0 unspecified atom stereocenters. The van der Waals surface area contributed by atoms with Crippen LogP contribution in [0.3, 0.4) is 0 Å². The van der Waals surface area contributed by atoms with Crippen molar-refractivity contribution in [2.75, 3.05) is 14.2 Å². The largest absolute Gasteiger partial charge is 0.497 e. The number of methoxy groups -OCH3 is 2. The van der Waals surface area contributed by atoms with Gasteiger partial charge in [-0.1, -0.05) is 6.92 Å². The summed E-state index contributed by atoms with van der Waals surface area (Å²) in [5, 5.41) is 9.73. The Bertz CT molecular complexity index is 297. The van der Waals surface area contributed by atoms with E-state index in [1.165, 1.54) is 0 Å². The molecule has 0 aliphatic heterocycles. The van der Waals surface area contributed by atoms with Crippen molar-refractivity contribution >= 4 is 0 Å². The summed E-state index contributed by atoms with van der Waals surface area (Å²) in [5.74, 6) is 1.42. The zero-order chi connectivity index (χ0) is 10.6. The number of benzene rings is 1. The highest BCUT2D eigenvalue weighted by molar-refractivity contribution is 5.41. The van der Waals surface area contributed by atoms with Gasteiger partial charge in [-0.25, -0.2) is 0 Å². The van der Waals surface area contributed by atoms with Gasteiger partial charge in [0.05, 0.1) is 20.3 Å². The molecule has 1 aromatic rings. The molecule has 0 saturated heterocycles. The van der Waals surface area contributed by atoms with E-state index in [1.807, 2.05) is 13.0 Å². The molecular formula is C11H16O3. The molecule has 0 radical (unpaired) electrons. The lowest BCUT2D eigenvalue weighted by Crippen LogP contribution is -1.99. The Morgan fingerprint density at radius 3 is 2.50 bits per heavy atom. The lowest BCUT2D eigenvalue weighted by atomic mass is 10.1. The fraction of sp³-hybridized carbons (Fsp3) is 0.455. The minimum Gasteiger partial charge on any atom is -0.497 e. The van der Waals surface area contributed by atoms with Gasteiger partial charge in [0.1, 0.15) is 11.5 Å². The van der Waals surface area contributed by atoms with Crippen LogP contribution in [0.15, 0.2) is 18.2 Å². The van der Waals surface area contributed by atoms with Crippen LogP contribution in [0, 0.1) is 0 Å². The van der Waals surface area contributed by atoms with Crippen LogP contribution >= 0.6 is 0 Å².